The molecule has 0 aliphatic carbocycles. The third kappa shape index (κ3) is 3.95. The standard InChI is InChI=1S/C19H24N4O4/c1-13-10-14(26-2)17(15(11-13)27-3)18(19(24)25)23-8-6-22(7-9-23)16-12-20-4-5-21-16/h4-5,10-12,18H,6-9H2,1-3H3,(H,24,25)/t18-/m1/s1. The Hall–Kier alpha value is -2.87. The normalized spacial score (nSPS) is 16.0. The van der Waals surface area contributed by atoms with Crippen LogP contribution in [-0.2, 0) is 4.79 Å². The first kappa shape index (κ1) is 18.9. The lowest BCUT2D eigenvalue weighted by Crippen LogP contribution is -2.49. The van der Waals surface area contributed by atoms with E-state index < -0.39 is 12.0 Å². The van der Waals surface area contributed by atoms with Crippen molar-refractivity contribution in [3.05, 3.63) is 41.9 Å². The van der Waals surface area contributed by atoms with Crippen LogP contribution in [0.2, 0.25) is 0 Å². The Kier molecular flexibility index (Phi) is 5.75. The highest BCUT2D eigenvalue weighted by Gasteiger charge is 2.35. The Balaban J connectivity index is 1.87. The molecule has 0 unspecified atom stereocenters. The monoisotopic (exact) mass is 372 g/mol. The molecule has 1 fully saturated rings. The molecular formula is C19H24N4O4. The van der Waals surface area contributed by atoms with Crippen molar-refractivity contribution < 1.29 is 19.4 Å². The van der Waals surface area contributed by atoms with E-state index >= 15 is 0 Å². The summed E-state index contributed by atoms with van der Waals surface area (Å²) in [5.74, 6) is 0.920. The van der Waals surface area contributed by atoms with Crippen molar-refractivity contribution in [1.29, 1.82) is 0 Å². The van der Waals surface area contributed by atoms with Crippen LogP contribution in [0, 0.1) is 6.92 Å². The van der Waals surface area contributed by atoms with Gasteiger partial charge >= 0.3 is 5.97 Å². The number of nitrogens with zero attached hydrogens (tertiary/aromatic N) is 4. The van der Waals surface area contributed by atoms with E-state index in [0.717, 1.165) is 11.4 Å². The molecule has 1 aliphatic heterocycles. The molecule has 0 saturated carbocycles. The molecule has 0 radical (unpaired) electrons. The zero-order chi connectivity index (χ0) is 19.4. The lowest BCUT2D eigenvalue weighted by atomic mass is 9.99. The summed E-state index contributed by atoms with van der Waals surface area (Å²) in [6, 6.07) is 2.83. The van der Waals surface area contributed by atoms with Crippen molar-refractivity contribution in [2.45, 2.75) is 13.0 Å². The largest absolute Gasteiger partial charge is 0.496 e. The van der Waals surface area contributed by atoms with Gasteiger partial charge in [-0.1, -0.05) is 0 Å². The van der Waals surface area contributed by atoms with Crippen molar-refractivity contribution in [1.82, 2.24) is 14.9 Å². The van der Waals surface area contributed by atoms with E-state index in [1.165, 1.54) is 0 Å². The predicted octanol–water partition coefficient (Wildman–Crippen LogP) is 1.75. The number of carbonyl (C=O) groups is 1. The number of piperazine rings is 1. The van der Waals surface area contributed by atoms with E-state index in [1.807, 2.05) is 24.0 Å². The van der Waals surface area contributed by atoms with Crippen molar-refractivity contribution >= 4 is 11.8 Å². The van der Waals surface area contributed by atoms with Crippen LogP contribution in [-0.4, -0.2) is 66.3 Å². The zero-order valence-corrected chi connectivity index (χ0v) is 15.8. The van der Waals surface area contributed by atoms with Crippen LogP contribution in [0.3, 0.4) is 0 Å². The first-order chi connectivity index (χ1) is 13.0. The van der Waals surface area contributed by atoms with Crippen LogP contribution in [0.1, 0.15) is 17.2 Å². The fraction of sp³-hybridized carbons (Fsp3) is 0.421. The van der Waals surface area contributed by atoms with Gasteiger partial charge in [-0.05, 0) is 24.6 Å². The summed E-state index contributed by atoms with van der Waals surface area (Å²) in [6.07, 6.45) is 5.01. The second-order valence-electron chi connectivity index (χ2n) is 6.41. The van der Waals surface area contributed by atoms with Crippen LogP contribution in [0.25, 0.3) is 0 Å². The van der Waals surface area contributed by atoms with Gasteiger partial charge in [0.15, 0.2) is 0 Å². The van der Waals surface area contributed by atoms with Crippen molar-refractivity contribution in [2.24, 2.45) is 0 Å². The lowest BCUT2D eigenvalue weighted by molar-refractivity contribution is -0.143. The number of aromatic nitrogens is 2. The van der Waals surface area contributed by atoms with E-state index in [-0.39, 0.29) is 0 Å². The topological polar surface area (TPSA) is 88.0 Å². The number of carboxylic acid groups (broad SMARTS) is 1. The van der Waals surface area contributed by atoms with Crippen molar-refractivity contribution in [3.63, 3.8) is 0 Å². The number of benzene rings is 1. The summed E-state index contributed by atoms with van der Waals surface area (Å²) in [6.45, 7) is 4.41. The van der Waals surface area contributed by atoms with Crippen LogP contribution < -0.4 is 14.4 Å². The minimum atomic E-state index is -0.927. The third-order valence-electron chi connectivity index (χ3n) is 4.75. The Morgan fingerprint density at radius 2 is 1.74 bits per heavy atom. The van der Waals surface area contributed by atoms with Crippen LogP contribution in [0.5, 0.6) is 11.5 Å². The number of methoxy groups -OCH3 is 2. The Bertz CT molecular complexity index is 767. The molecule has 1 aliphatic rings. The van der Waals surface area contributed by atoms with Gasteiger partial charge in [0.25, 0.3) is 0 Å². The Morgan fingerprint density at radius 1 is 1.11 bits per heavy atom. The smallest absolute Gasteiger partial charge is 0.325 e. The third-order valence-corrected chi connectivity index (χ3v) is 4.75. The molecule has 1 saturated heterocycles. The number of anilines is 1. The Morgan fingerprint density at radius 3 is 2.22 bits per heavy atom. The van der Waals surface area contributed by atoms with Crippen molar-refractivity contribution in [3.8, 4) is 11.5 Å². The maximum absolute atomic E-state index is 12.2. The fourth-order valence-corrected chi connectivity index (χ4v) is 3.47. The van der Waals surface area contributed by atoms with Gasteiger partial charge in [-0.15, -0.1) is 0 Å². The molecule has 1 N–H and O–H groups in total. The van der Waals surface area contributed by atoms with Crippen LogP contribution in [0.4, 0.5) is 5.82 Å². The highest BCUT2D eigenvalue weighted by Crippen LogP contribution is 2.39. The van der Waals surface area contributed by atoms with Crippen LogP contribution in [0.15, 0.2) is 30.7 Å². The second-order valence-corrected chi connectivity index (χ2v) is 6.41. The predicted molar refractivity (Wildman–Crippen MR) is 100 cm³/mol. The number of ether oxygens (including phenoxy) is 2. The summed E-state index contributed by atoms with van der Waals surface area (Å²) in [7, 11) is 3.09. The summed E-state index contributed by atoms with van der Waals surface area (Å²) >= 11 is 0. The molecule has 8 nitrogen and oxygen atoms in total. The average molecular weight is 372 g/mol. The lowest BCUT2D eigenvalue weighted by Gasteiger charge is -2.38. The molecule has 27 heavy (non-hydrogen) atoms. The number of carboxylic acids is 1. The summed E-state index contributed by atoms with van der Waals surface area (Å²) < 4.78 is 11.0. The van der Waals surface area contributed by atoms with Gasteiger partial charge in [0.05, 0.1) is 26.0 Å². The van der Waals surface area contributed by atoms with Gasteiger partial charge in [-0.25, -0.2) is 4.98 Å². The van der Waals surface area contributed by atoms with Gasteiger partial charge in [-0.2, -0.15) is 0 Å². The minimum Gasteiger partial charge on any atom is -0.496 e. The summed E-state index contributed by atoms with van der Waals surface area (Å²) in [5, 5.41) is 9.98. The van der Waals surface area contributed by atoms with Crippen molar-refractivity contribution in [2.75, 3.05) is 45.3 Å². The molecule has 3 rings (SSSR count). The molecule has 1 aromatic heterocycles. The van der Waals surface area contributed by atoms with Crippen LogP contribution >= 0.6 is 0 Å². The maximum Gasteiger partial charge on any atom is 0.325 e. The molecule has 1 atom stereocenters. The molecule has 144 valence electrons. The van der Waals surface area contributed by atoms with Gasteiger partial charge < -0.3 is 19.5 Å². The molecule has 1 aromatic carbocycles. The number of hydrogen-bond acceptors (Lipinski definition) is 7. The van der Waals surface area contributed by atoms with Gasteiger partial charge in [-0.3, -0.25) is 14.7 Å². The molecule has 0 bridgehead atoms. The number of hydrogen-bond donors (Lipinski definition) is 1. The van der Waals surface area contributed by atoms with Gasteiger partial charge in [0.2, 0.25) is 0 Å². The molecule has 0 amide bonds. The number of aliphatic carboxylic acids is 1. The molecule has 0 spiro atoms. The van der Waals surface area contributed by atoms with Gasteiger partial charge in [0.1, 0.15) is 23.4 Å². The molecule has 2 aromatic rings. The quantitative estimate of drug-likeness (QED) is 0.821. The van der Waals surface area contributed by atoms with E-state index in [4.69, 9.17) is 9.47 Å². The van der Waals surface area contributed by atoms with E-state index in [2.05, 4.69) is 14.9 Å². The van der Waals surface area contributed by atoms with E-state index in [0.29, 0.717) is 43.2 Å². The molecule has 2 heterocycles. The fourth-order valence-electron chi connectivity index (χ4n) is 3.47. The summed E-state index contributed by atoms with van der Waals surface area (Å²) in [5.41, 5.74) is 1.50. The highest BCUT2D eigenvalue weighted by atomic mass is 16.5. The second kappa shape index (κ2) is 8.22. The number of aryl methyl sites for hydroxylation is 1. The van der Waals surface area contributed by atoms with E-state index in [9.17, 15) is 9.90 Å². The zero-order valence-electron chi connectivity index (χ0n) is 15.8. The first-order valence-electron chi connectivity index (χ1n) is 8.75. The molecule has 8 heteroatoms. The summed E-state index contributed by atoms with van der Waals surface area (Å²) in [4.78, 5) is 24.6. The minimum absolute atomic E-state index is 0.524. The van der Waals surface area contributed by atoms with Gasteiger partial charge in [0, 0.05) is 38.6 Å². The SMILES string of the molecule is COc1cc(C)cc(OC)c1[C@H](C(=O)O)N1CCN(c2cnccn2)CC1. The molecular weight excluding hydrogens is 348 g/mol. The highest BCUT2D eigenvalue weighted by molar-refractivity contribution is 5.78. The van der Waals surface area contributed by atoms with E-state index in [1.54, 1.807) is 32.8 Å². The first-order valence-corrected chi connectivity index (χ1v) is 8.75. The Labute approximate surface area is 158 Å². The maximum atomic E-state index is 12.2. The number of rotatable bonds is 6. The average Bonchev–Trinajstić information content (AvgIpc) is 2.69.